The van der Waals surface area contributed by atoms with E-state index in [1.165, 1.54) is 95.5 Å². The highest BCUT2D eigenvalue weighted by molar-refractivity contribution is 5.69. The number of hydrogen-bond acceptors (Lipinski definition) is 6. The Morgan fingerprint density at radius 2 is 1.02 bits per heavy atom. The summed E-state index contributed by atoms with van der Waals surface area (Å²) in [6.07, 6.45) is 28.3. The van der Waals surface area contributed by atoms with Crippen LogP contribution in [0.25, 0.3) is 0 Å². The van der Waals surface area contributed by atoms with Gasteiger partial charge in [0.1, 0.15) is 0 Å². The average molecular weight is 703 g/mol. The minimum atomic E-state index is -0.475. The smallest absolute Gasteiger partial charge is 0.305 e. The van der Waals surface area contributed by atoms with Crippen molar-refractivity contribution in [3.63, 3.8) is 0 Å². The molecule has 1 fully saturated rings. The molecule has 0 bridgehead atoms. The monoisotopic (exact) mass is 703 g/mol. The van der Waals surface area contributed by atoms with Crippen LogP contribution in [0.3, 0.4) is 0 Å². The van der Waals surface area contributed by atoms with Crippen molar-refractivity contribution in [3.8, 4) is 0 Å². The molecule has 0 aliphatic heterocycles. The number of rotatable bonds is 27. The highest BCUT2D eigenvalue weighted by Crippen LogP contribution is 2.54. The van der Waals surface area contributed by atoms with Crippen molar-refractivity contribution < 1.29 is 19.1 Å². The molecule has 0 amide bonds. The molecule has 0 saturated heterocycles. The van der Waals surface area contributed by atoms with Gasteiger partial charge in [0.15, 0.2) is 0 Å². The first-order valence-electron chi connectivity index (χ1n) is 20.8. The molecule has 1 saturated carbocycles. The highest BCUT2D eigenvalue weighted by atomic mass is 16.5. The second-order valence-electron chi connectivity index (χ2n) is 17.8. The molecule has 4 N–H and O–H groups in total. The molecule has 0 aromatic rings. The summed E-state index contributed by atoms with van der Waals surface area (Å²) < 4.78 is 11.6. The van der Waals surface area contributed by atoms with Crippen LogP contribution in [0.4, 0.5) is 0 Å². The molecular formula is C44H82N2O4. The third-order valence-electron chi connectivity index (χ3n) is 10.8. The van der Waals surface area contributed by atoms with Gasteiger partial charge in [-0.3, -0.25) is 9.59 Å². The van der Waals surface area contributed by atoms with Gasteiger partial charge in [-0.2, -0.15) is 0 Å². The second-order valence-corrected chi connectivity index (χ2v) is 17.8. The molecule has 2 unspecified atom stereocenters. The zero-order valence-corrected chi connectivity index (χ0v) is 34.5. The largest absolute Gasteiger partial charge is 0.465 e. The van der Waals surface area contributed by atoms with Crippen LogP contribution in [0.2, 0.25) is 0 Å². The van der Waals surface area contributed by atoms with Gasteiger partial charge in [-0.05, 0) is 30.3 Å². The summed E-state index contributed by atoms with van der Waals surface area (Å²) in [7, 11) is 0. The van der Waals surface area contributed by atoms with E-state index in [4.69, 9.17) is 20.9 Å². The first-order chi connectivity index (χ1) is 23.5. The van der Waals surface area contributed by atoms with Crippen molar-refractivity contribution in [3.05, 3.63) is 23.3 Å². The molecule has 1 aliphatic carbocycles. The summed E-state index contributed by atoms with van der Waals surface area (Å²) in [4.78, 5) is 25.3. The van der Waals surface area contributed by atoms with Crippen molar-refractivity contribution >= 4 is 11.9 Å². The maximum Gasteiger partial charge on any atom is 0.305 e. The lowest BCUT2D eigenvalue weighted by Crippen LogP contribution is -2.51. The van der Waals surface area contributed by atoms with Gasteiger partial charge in [-0.15, -0.1) is 0 Å². The van der Waals surface area contributed by atoms with Gasteiger partial charge in [-0.1, -0.05) is 183 Å². The number of carbonyl (C=O) groups excluding carboxylic acids is 2. The van der Waals surface area contributed by atoms with E-state index in [0.717, 1.165) is 37.7 Å². The number of unbranched alkanes of at least 4 members (excludes halogenated alkanes) is 16. The van der Waals surface area contributed by atoms with Gasteiger partial charge >= 0.3 is 11.9 Å². The summed E-state index contributed by atoms with van der Waals surface area (Å²) in [6.45, 7) is 20.7. The van der Waals surface area contributed by atoms with Crippen molar-refractivity contribution in [1.29, 1.82) is 0 Å². The van der Waals surface area contributed by atoms with Crippen molar-refractivity contribution in [2.45, 2.75) is 203 Å². The lowest BCUT2D eigenvalue weighted by molar-refractivity contribution is -0.146. The summed E-state index contributed by atoms with van der Waals surface area (Å²) in [6, 6.07) is -0.162. The van der Waals surface area contributed by atoms with Crippen molar-refractivity contribution in [2.75, 3.05) is 19.8 Å². The van der Waals surface area contributed by atoms with Crippen LogP contribution >= 0.6 is 0 Å². The predicted molar refractivity (Wildman–Crippen MR) is 213 cm³/mol. The van der Waals surface area contributed by atoms with Crippen LogP contribution in [-0.2, 0) is 19.1 Å². The van der Waals surface area contributed by atoms with Crippen molar-refractivity contribution in [2.24, 2.45) is 33.1 Å². The van der Waals surface area contributed by atoms with Crippen LogP contribution in [0.5, 0.6) is 0 Å². The summed E-state index contributed by atoms with van der Waals surface area (Å²) in [5.74, 6) is -0.231. The molecule has 1 rings (SSSR count). The van der Waals surface area contributed by atoms with E-state index in [1.54, 1.807) is 0 Å². The molecule has 1 aliphatic rings. The van der Waals surface area contributed by atoms with Gasteiger partial charge in [0.2, 0.25) is 0 Å². The molecule has 50 heavy (non-hydrogen) atoms. The maximum atomic E-state index is 12.7. The lowest BCUT2D eigenvalue weighted by Gasteiger charge is -2.51. The molecule has 292 valence electrons. The van der Waals surface area contributed by atoms with Gasteiger partial charge < -0.3 is 20.9 Å². The number of carbonyl (C=O) groups is 2. The Morgan fingerprint density at radius 1 is 0.660 bits per heavy atom. The third-order valence-corrected chi connectivity index (χ3v) is 10.8. The van der Waals surface area contributed by atoms with E-state index >= 15 is 0 Å². The fourth-order valence-electron chi connectivity index (χ4n) is 7.66. The summed E-state index contributed by atoms with van der Waals surface area (Å²) in [5, 5.41) is 0. The lowest BCUT2D eigenvalue weighted by atomic mass is 9.55. The van der Waals surface area contributed by atoms with Crippen LogP contribution in [0, 0.1) is 21.7 Å². The van der Waals surface area contributed by atoms with Gasteiger partial charge in [0.05, 0.1) is 13.2 Å². The fourth-order valence-corrected chi connectivity index (χ4v) is 7.66. The zero-order valence-electron chi connectivity index (χ0n) is 34.5. The minimum Gasteiger partial charge on any atom is -0.465 e. The third kappa shape index (κ3) is 18.2. The first-order valence-corrected chi connectivity index (χ1v) is 20.8. The number of nitrogens with two attached hydrogens (primary N) is 2. The first kappa shape index (κ1) is 46.4. The Labute approximate surface area is 309 Å². The quantitative estimate of drug-likeness (QED) is 0.0501. The van der Waals surface area contributed by atoms with Gasteiger partial charge in [0, 0.05) is 41.7 Å². The topological polar surface area (TPSA) is 105 Å². The molecule has 2 atom stereocenters. The Morgan fingerprint density at radius 3 is 1.40 bits per heavy atom. The van der Waals surface area contributed by atoms with E-state index in [2.05, 4.69) is 74.5 Å². The zero-order chi connectivity index (χ0) is 37.7. The molecule has 0 spiro atoms. The standard InChI is InChI=1S/C44H82N2O4/c1-10-12-14-16-18-20-22-24-26-28-39(47)49-34-41(3,4)30-36-37(46)31-43(7,8)38(44(36,9)33-45)32-42(5,6)35-50-40(48)29-27-25-23-21-19-17-15-13-11-2/h30,32,37H,10-29,31,33-35,45-46H2,1-9H3. The van der Waals surface area contributed by atoms with E-state index < -0.39 is 10.8 Å². The van der Waals surface area contributed by atoms with Gasteiger partial charge in [-0.25, -0.2) is 0 Å². The molecular weight excluding hydrogens is 620 g/mol. The van der Waals surface area contributed by atoms with E-state index in [1.807, 2.05) is 0 Å². The maximum absolute atomic E-state index is 12.7. The number of ether oxygens (including phenoxy) is 2. The Bertz CT molecular complexity index is 1030. The van der Waals surface area contributed by atoms with Crippen LogP contribution in [-0.4, -0.2) is 37.7 Å². The molecule has 0 aromatic heterocycles. The fraction of sp³-hybridized carbons (Fsp3) is 0.864. The Hall–Kier alpha value is -1.66. The SMILES string of the molecule is CCCCCCCCCCCC(=O)OCC(C)(C)C=C1C(N)CC(C)(C)C(=CC(C)(C)COC(=O)CCCCCCCCCCC)C1(C)CN. The molecule has 0 aromatic carbocycles. The van der Waals surface area contributed by atoms with E-state index in [-0.39, 0.29) is 28.8 Å². The molecule has 6 nitrogen and oxygen atoms in total. The Kier molecular flexibility index (Phi) is 22.1. The van der Waals surface area contributed by atoms with Crippen molar-refractivity contribution in [1.82, 2.24) is 0 Å². The minimum absolute atomic E-state index is 0.111. The van der Waals surface area contributed by atoms with Gasteiger partial charge in [0.25, 0.3) is 0 Å². The van der Waals surface area contributed by atoms with E-state index in [9.17, 15) is 9.59 Å². The molecule has 6 heteroatoms. The van der Waals surface area contributed by atoms with Crippen LogP contribution in [0.1, 0.15) is 197 Å². The molecule has 0 radical (unpaired) electrons. The van der Waals surface area contributed by atoms with E-state index in [0.29, 0.717) is 32.6 Å². The van der Waals surface area contributed by atoms with Crippen LogP contribution < -0.4 is 11.5 Å². The number of esters is 2. The second kappa shape index (κ2) is 23.8. The summed E-state index contributed by atoms with van der Waals surface area (Å²) >= 11 is 0. The highest BCUT2D eigenvalue weighted by Gasteiger charge is 2.48. The normalized spacial score (nSPS) is 21.1. The molecule has 0 heterocycles. The average Bonchev–Trinajstić information content (AvgIpc) is 3.05. The Balaban J connectivity index is 2.79. The number of hydrogen-bond donors (Lipinski definition) is 2. The predicted octanol–water partition coefficient (Wildman–Crippen LogP) is 11.5. The van der Waals surface area contributed by atoms with Crippen LogP contribution in [0.15, 0.2) is 23.3 Å². The summed E-state index contributed by atoms with van der Waals surface area (Å²) in [5.41, 5.74) is 14.4.